The summed E-state index contributed by atoms with van der Waals surface area (Å²) in [6.45, 7) is 6.11. The van der Waals surface area contributed by atoms with E-state index < -0.39 is 0 Å². The summed E-state index contributed by atoms with van der Waals surface area (Å²) in [7, 11) is 0. The van der Waals surface area contributed by atoms with Crippen molar-refractivity contribution in [2.45, 2.75) is 13.3 Å². The SMILES string of the molecule is C=C(/C=C\C(=C/N)Cc1cc2scnc2c(-c2cccc(Cl)c2)c1F)NC(=O)NCC. The molecule has 3 rings (SSSR count). The Kier molecular flexibility index (Phi) is 7.44. The van der Waals surface area contributed by atoms with E-state index in [1.807, 2.05) is 13.0 Å². The molecule has 5 nitrogen and oxygen atoms in total. The Bertz CT molecular complexity index is 1190. The van der Waals surface area contributed by atoms with Crippen LogP contribution >= 0.6 is 22.9 Å². The van der Waals surface area contributed by atoms with Crippen LogP contribution in [0.5, 0.6) is 0 Å². The van der Waals surface area contributed by atoms with Gasteiger partial charge in [0.25, 0.3) is 0 Å². The third-order valence-corrected chi connectivity index (χ3v) is 5.48. The Hall–Kier alpha value is -3.16. The van der Waals surface area contributed by atoms with Gasteiger partial charge in [-0.3, -0.25) is 0 Å². The van der Waals surface area contributed by atoms with E-state index in [4.69, 9.17) is 17.3 Å². The van der Waals surface area contributed by atoms with Crippen LogP contribution in [0.15, 0.2) is 72.0 Å². The third kappa shape index (κ3) is 5.51. The predicted octanol–water partition coefficient (Wildman–Crippen LogP) is 5.53. The van der Waals surface area contributed by atoms with E-state index >= 15 is 4.39 Å². The highest BCUT2D eigenvalue weighted by Crippen LogP contribution is 2.36. The number of nitrogens with two attached hydrogens (primary N) is 1. The fourth-order valence-corrected chi connectivity index (χ4v) is 4.00. The lowest BCUT2D eigenvalue weighted by molar-refractivity contribution is 0.244. The largest absolute Gasteiger partial charge is 0.404 e. The number of hydrogen-bond donors (Lipinski definition) is 3. The van der Waals surface area contributed by atoms with Gasteiger partial charge in [-0.2, -0.15) is 0 Å². The second-order valence-electron chi connectivity index (χ2n) is 6.70. The Labute approximate surface area is 189 Å². The number of carbonyl (C=O) groups excluding carboxylic acids is 1. The first-order valence-electron chi connectivity index (χ1n) is 9.56. The second-order valence-corrected chi connectivity index (χ2v) is 8.02. The first-order chi connectivity index (χ1) is 14.9. The monoisotopic (exact) mass is 456 g/mol. The number of urea groups is 1. The van der Waals surface area contributed by atoms with E-state index in [0.717, 1.165) is 4.70 Å². The molecule has 8 heteroatoms. The third-order valence-electron chi connectivity index (χ3n) is 4.47. The molecule has 2 amide bonds. The molecule has 0 saturated carbocycles. The van der Waals surface area contributed by atoms with Crippen molar-refractivity contribution in [3.05, 3.63) is 88.4 Å². The lowest BCUT2D eigenvalue weighted by Crippen LogP contribution is -2.33. The van der Waals surface area contributed by atoms with E-state index in [2.05, 4.69) is 22.2 Å². The van der Waals surface area contributed by atoms with E-state index in [9.17, 15) is 4.79 Å². The lowest BCUT2D eigenvalue weighted by atomic mass is 9.97. The van der Waals surface area contributed by atoms with Crippen LogP contribution in [0.2, 0.25) is 5.02 Å². The van der Waals surface area contributed by atoms with E-state index in [1.54, 1.807) is 41.9 Å². The molecule has 0 unspecified atom stereocenters. The minimum Gasteiger partial charge on any atom is -0.404 e. The van der Waals surface area contributed by atoms with Gasteiger partial charge in [0.15, 0.2) is 0 Å². The van der Waals surface area contributed by atoms with Crippen molar-refractivity contribution in [3.8, 4) is 11.1 Å². The first-order valence-corrected chi connectivity index (χ1v) is 10.8. The van der Waals surface area contributed by atoms with Crippen LogP contribution in [0.1, 0.15) is 12.5 Å². The minimum absolute atomic E-state index is 0.259. The number of fused-ring (bicyclic) bond motifs is 1. The van der Waals surface area contributed by atoms with Gasteiger partial charge in [-0.1, -0.05) is 36.4 Å². The van der Waals surface area contributed by atoms with E-state index in [0.29, 0.717) is 45.0 Å². The maximum absolute atomic E-state index is 15.6. The molecule has 160 valence electrons. The summed E-state index contributed by atoms with van der Waals surface area (Å²) in [5.74, 6) is -0.368. The summed E-state index contributed by atoms with van der Waals surface area (Å²) in [6, 6.07) is 8.50. The summed E-state index contributed by atoms with van der Waals surface area (Å²) in [4.78, 5) is 15.9. The zero-order chi connectivity index (χ0) is 22.4. The van der Waals surface area contributed by atoms with Crippen LogP contribution in [0.25, 0.3) is 21.3 Å². The van der Waals surface area contributed by atoms with Crippen molar-refractivity contribution in [1.29, 1.82) is 0 Å². The zero-order valence-electron chi connectivity index (χ0n) is 16.9. The van der Waals surface area contributed by atoms with Gasteiger partial charge in [0, 0.05) is 29.2 Å². The Morgan fingerprint density at radius 1 is 1.35 bits per heavy atom. The van der Waals surface area contributed by atoms with Crippen LogP contribution in [0, 0.1) is 5.82 Å². The average Bonchev–Trinajstić information content (AvgIpc) is 3.19. The highest BCUT2D eigenvalue weighted by Gasteiger charge is 2.18. The quantitative estimate of drug-likeness (QED) is 0.409. The van der Waals surface area contributed by atoms with Gasteiger partial charge in [-0.25, -0.2) is 14.2 Å². The normalized spacial score (nSPS) is 11.8. The molecule has 1 heterocycles. The van der Waals surface area contributed by atoms with Gasteiger partial charge in [0.1, 0.15) is 5.82 Å². The molecule has 1 aromatic heterocycles. The number of allylic oxidation sites excluding steroid dienone is 3. The van der Waals surface area contributed by atoms with Crippen molar-refractivity contribution in [2.24, 2.45) is 5.73 Å². The number of nitrogens with one attached hydrogen (secondary N) is 2. The van der Waals surface area contributed by atoms with Crippen LogP contribution in [-0.2, 0) is 6.42 Å². The standard InChI is InChI=1S/C23H22ClFN4OS/c1-3-27-23(30)29-14(2)7-8-15(12-26)9-17-11-19-22(28-13-31-19)20(21(17)25)16-5-4-6-18(24)10-16/h4-8,10-13H,2-3,9,26H2,1H3,(H2,27,29,30)/b8-7-,15-12+. The molecule has 0 aliphatic heterocycles. The highest BCUT2D eigenvalue weighted by atomic mass is 35.5. The zero-order valence-corrected chi connectivity index (χ0v) is 18.5. The topological polar surface area (TPSA) is 80.0 Å². The first kappa shape index (κ1) is 22.5. The minimum atomic E-state index is -0.368. The number of nitrogens with zero attached hydrogens (tertiary/aromatic N) is 1. The fourth-order valence-electron chi connectivity index (χ4n) is 3.06. The number of thiazole rings is 1. The van der Waals surface area contributed by atoms with Crippen molar-refractivity contribution in [2.75, 3.05) is 6.54 Å². The maximum Gasteiger partial charge on any atom is 0.319 e. The van der Waals surface area contributed by atoms with Gasteiger partial charge in [-0.15, -0.1) is 11.3 Å². The number of aromatic nitrogens is 1. The number of hydrogen-bond acceptors (Lipinski definition) is 4. The maximum atomic E-state index is 15.6. The molecule has 0 aliphatic carbocycles. The molecule has 31 heavy (non-hydrogen) atoms. The predicted molar refractivity (Wildman–Crippen MR) is 126 cm³/mol. The molecule has 0 atom stereocenters. The second kappa shape index (κ2) is 10.2. The number of benzene rings is 2. The Morgan fingerprint density at radius 3 is 2.87 bits per heavy atom. The molecule has 0 spiro atoms. The molecule has 0 radical (unpaired) electrons. The Balaban J connectivity index is 1.90. The van der Waals surface area contributed by atoms with Crippen molar-refractivity contribution in [1.82, 2.24) is 15.6 Å². The number of amides is 2. The molecule has 0 bridgehead atoms. The van der Waals surface area contributed by atoms with Gasteiger partial charge in [0.2, 0.25) is 0 Å². The summed E-state index contributed by atoms with van der Waals surface area (Å²) in [5, 5.41) is 5.74. The molecule has 0 saturated heterocycles. The van der Waals surface area contributed by atoms with Crippen LogP contribution in [0.3, 0.4) is 0 Å². The van der Waals surface area contributed by atoms with Gasteiger partial charge >= 0.3 is 6.03 Å². The summed E-state index contributed by atoms with van der Waals surface area (Å²) < 4.78 is 16.5. The number of halogens is 2. The summed E-state index contributed by atoms with van der Waals surface area (Å²) in [6.07, 6.45) is 4.98. The molecule has 0 fully saturated rings. The van der Waals surface area contributed by atoms with Crippen LogP contribution in [0.4, 0.5) is 9.18 Å². The van der Waals surface area contributed by atoms with E-state index in [1.165, 1.54) is 17.5 Å². The summed E-state index contributed by atoms with van der Waals surface area (Å²) in [5.41, 5.74) is 10.7. The van der Waals surface area contributed by atoms with Gasteiger partial charge in [0.05, 0.1) is 15.7 Å². The van der Waals surface area contributed by atoms with Crippen LogP contribution < -0.4 is 16.4 Å². The van der Waals surface area contributed by atoms with Crippen LogP contribution in [-0.4, -0.2) is 17.6 Å². The highest BCUT2D eigenvalue weighted by molar-refractivity contribution is 7.16. The molecule has 3 aromatic rings. The van der Waals surface area contributed by atoms with Gasteiger partial charge in [-0.05, 0) is 54.1 Å². The molecular formula is C23H22ClFN4OS. The van der Waals surface area contributed by atoms with Crippen molar-refractivity contribution >= 4 is 39.2 Å². The molecule has 4 N–H and O–H groups in total. The lowest BCUT2D eigenvalue weighted by Gasteiger charge is -2.11. The van der Waals surface area contributed by atoms with E-state index in [-0.39, 0.29) is 18.3 Å². The Morgan fingerprint density at radius 2 is 2.16 bits per heavy atom. The number of carbonyl (C=O) groups is 1. The number of rotatable bonds is 7. The average molecular weight is 457 g/mol. The van der Waals surface area contributed by atoms with Crippen molar-refractivity contribution in [3.63, 3.8) is 0 Å². The molecular weight excluding hydrogens is 435 g/mol. The fraction of sp³-hybridized carbons (Fsp3) is 0.130. The summed E-state index contributed by atoms with van der Waals surface area (Å²) >= 11 is 7.57. The van der Waals surface area contributed by atoms with Crippen molar-refractivity contribution < 1.29 is 9.18 Å². The molecule has 2 aromatic carbocycles. The smallest absolute Gasteiger partial charge is 0.319 e. The van der Waals surface area contributed by atoms with Gasteiger partial charge < -0.3 is 16.4 Å². The molecule has 0 aliphatic rings.